The first-order valence-electron chi connectivity index (χ1n) is 6.81. The van der Waals surface area contributed by atoms with Crippen molar-refractivity contribution in [3.63, 3.8) is 0 Å². The number of hydrogen-bond donors (Lipinski definition) is 1. The van der Waals surface area contributed by atoms with Crippen LogP contribution in [0.4, 0.5) is 0 Å². The van der Waals surface area contributed by atoms with Crippen LogP contribution in [-0.4, -0.2) is 26.2 Å². The molecular weight excluding hydrogens is 266 g/mol. The van der Waals surface area contributed by atoms with Gasteiger partial charge in [-0.3, -0.25) is 4.79 Å². The van der Waals surface area contributed by atoms with Crippen LogP contribution in [0.5, 0.6) is 11.5 Å². The van der Waals surface area contributed by atoms with Crippen molar-refractivity contribution in [3.05, 3.63) is 59.7 Å². The van der Waals surface area contributed by atoms with Crippen LogP contribution in [0.3, 0.4) is 0 Å². The molecule has 0 aliphatic carbocycles. The van der Waals surface area contributed by atoms with Crippen LogP contribution in [-0.2, 0) is 0 Å². The van der Waals surface area contributed by atoms with Gasteiger partial charge in [-0.25, -0.2) is 0 Å². The van der Waals surface area contributed by atoms with Crippen LogP contribution < -0.4 is 14.8 Å². The Balaban J connectivity index is 1.79. The molecule has 0 aliphatic heterocycles. The SMILES string of the molecule is COc1cccc(C(=O)NCCOc2cccc(C)c2)c1. The van der Waals surface area contributed by atoms with E-state index in [0.717, 1.165) is 11.3 Å². The zero-order valence-corrected chi connectivity index (χ0v) is 12.3. The van der Waals surface area contributed by atoms with Gasteiger partial charge in [0.15, 0.2) is 0 Å². The molecule has 0 spiro atoms. The van der Waals surface area contributed by atoms with Gasteiger partial charge >= 0.3 is 0 Å². The van der Waals surface area contributed by atoms with Crippen LogP contribution >= 0.6 is 0 Å². The van der Waals surface area contributed by atoms with Gasteiger partial charge in [-0.2, -0.15) is 0 Å². The van der Waals surface area contributed by atoms with Crippen molar-refractivity contribution in [2.45, 2.75) is 6.92 Å². The van der Waals surface area contributed by atoms with E-state index in [-0.39, 0.29) is 5.91 Å². The number of carbonyl (C=O) groups excluding carboxylic acids is 1. The predicted octanol–water partition coefficient (Wildman–Crippen LogP) is 2.81. The standard InChI is InChI=1S/C17H19NO3/c1-13-5-3-8-16(11-13)21-10-9-18-17(19)14-6-4-7-15(12-14)20-2/h3-8,11-12H,9-10H2,1-2H3,(H,18,19). The molecule has 1 N–H and O–H groups in total. The highest BCUT2D eigenvalue weighted by atomic mass is 16.5. The smallest absolute Gasteiger partial charge is 0.251 e. The summed E-state index contributed by atoms with van der Waals surface area (Å²) in [5, 5.41) is 2.82. The van der Waals surface area contributed by atoms with E-state index in [4.69, 9.17) is 9.47 Å². The number of aryl methyl sites for hydroxylation is 1. The van der Waals surface area contributed by atoms with Gasteiger partial charge in [0, 0.05) is 5.56 Å². The minimum absolute atomic E-state index is 0.137. The summed E-state index contributed by atoms with van der Waals surface area (Å²) in [5.74, 6) is 1.34. The molecule has 4 nitrogen and oxygen atoms in total. The monoisotopic (exact) mass is 285 g/mol. The Morgan fingerprint density at radius 3 is 2.62 bits per heavy atom. The van der Waals surface area contributed by atoms with E-state index < -0.39 is 0 Å². The molecule has 4 heteroatoms. The average molecular weight is 285 g/mol. The Morgan fingerprint density at radius 2 is 1.86 bits per heavy atom. The topological polar surface area (TPSA) is 47.6 Å². The lowest BCUT2D eigenvalue weighted by molar-refractivity contribution is 0.0946. The molecule has 2 aromatic carbocycles. The highest BCUT2D eigenvalue weighted by Crippen LogP contribution is 2.13. The molecule has 0 aliphatic rings. The number of methoxy groups -OCH3 is 1. The second kappa shape index (κ2) is 7.33. The first-order chi connectivity index (χ1) is 10.2. The molecule has 0 bridgehead atoms. The maximum absolute atomic E-state index is 12.0. The maximum Gasteiger partial charge on any atom is 0.251 e. The summed E-state index contributed by atoms with van der Waals surface area (Å²) in [7, 11) is 1.58. The number of ether oxygens (including phenoxy) is 2. The first-order valence-corrected chi connectivity index (χ1v) is 6.81. The normalized spacial score (nSPS) is 10.0. The van der Waals surface area contributed by atoms with Crippen molar-refractivity contribution >= 4 is 5.91 Å². The third-order valence-electron chi connectivity index (χ3n) is 2.98. The first kappa shape index (κ1) is 14.9. The minimum atomic E-state index is -0.137. The fourth-order valence-electron chi connectivity index (χ4n) is 1.90. The fourth-order valence-corrected chi connectivity index (χ4v) is 1.90. The third-order valence-corrected chi connectivity index (χ3v) is 2.98. The van der Waals surface area contributed by atoms with Gasteiger partial charge in [-0.1, -0.05) is 18.2 Å². The summed E-state index contributed by atoms with van der Waals surface area (Å²) in [6.45, 7) is 2.89. The average Bonchev–Trinajstić information content (AvgIpc) is 2.51. The van der Waals surface area contributed by atoms with Gasteiger partial charge < -0.3 is 14.8 Å². The van der Waals surface area contributed by atoms with E-state index in [2.05, 4.69) is 5.32 Å². The van der Waals surface area contributed by atoms with Crippen LogP contribution in [0, 0.1) is 6.92 Å². The number of nitrogens with one attached hydrogen (secondary N) is 1. The summed E-state index contributed by atoms with van der Waals surface area (Å²) in [5.41, 5.74) is 1.72. The zero-order chi connectivity index (χ0) is 15.1. The summed E-state index contributed by atoms with van der Waals surface area (Å²) in [6, 6.07) is 14.9. The highest BCUT2D eigenvalue weighted by molar-refractivity contribution is 5.94. The molecule has 0 unspecified atom stereocenters. The lowest BCUT2D eigenvalue weighted by atomic mass is 10.2. The zero-order valence-electron chi connectivity index (χ0n) is 12.3. The van der Waals surface area contributed by atoms with Gasteiger partial charge in [0.1, 0.15) is 18.1 Å². The Hall–Kier alpha value is -2.49. The molecular formula is C17H19NO3. The van der Waals surface area contributed by atoms with Crippen LogP contribution in [0.2, 0.25) is 0 Å². The molecule has 0 heterocycles. The van der Waals surface area contributed by atoms with Gasteiger partial charge in [0.25, 0.3) is 5.91 Å². The van der Waals surface area contributed by atoms with Gasteiger partial charge in [0.05, 0.1) is 13.7 Å². The number of rotatable bonds is 6. The van der Waals surface area contributed by atoms with Crippen molar-refractivity contribution in [1.29, 1.82) is 0 Å². The van der Waals surface area contributed by atoms with E-state index >= 15 is 0 Å². The Labute approximate surface area is 124 Å². The molecule has 0 atom stereocenters. The summed E-state index contributed by atoms with van der Waals surface area (Å²) in [4.78, 5) is 12.0. The number of hydrogen-bond acceptors (Lipinski definition) is 3. The molecule has 0 saturated carbocycles. The maximum atomic E-state index is 12.0. The van der Waals surface area contributed by atoms with E-state index in [0.29, 0.717) is 24.5 Å². The number of benzene rings is 2. The molecule has 0 radical (unpaired) electrons. The minimum Gasteiger partial charge on any atom is -0.497 e. The Morgan fingerprint density at radius 1 is 1.10 bits per heavy atom. The van der Waals surface area contributed by atoms with Crippen molar-refractivity contribution in [2.24, 2.45) is 0 Å². The molecule has 21 heavy (non-hydrogen) atoms. The van der Waals surface area contributed by atoms with E-state index in [1.807, 2.05) is 31.2 Å². The van der Waals surface area contributed by atoms with Crippen molar-refractivity contribution in [3.8, 4) is 11.5 Å². The van der Waals surface area contributed by atoms with Crippen molar-refractivity contribution < 1.29 is 14.3 Å². The molecule has 1 amide bonds. The van der Waals surface area contributed by atoms with Gasteiger partial charge in [0.2, 0.25) is 0 Å². The van der Waals surface area contributed by atoms with E-state index in [9.17, 15) is 4.79 Å². The lowest BCUT2D eigenvalue weighted by Crippen LogP contribution is -2.28. The van der Waals surface area contributed by atoms with Crippen LogP contribution in [0.1, 0.15) is 15.9 Å². The van der Waals surface area contributed by atoms with E-state index in [1.165, 1.54) is 0 Å². The Kier molecular flexibility index (Phi) is 5.21. The van der Waals surface area contributed by atoms with Crippen LogP contribution in [0.25, 0.3) is 0 Å². The van der Waals surface area contributed by atoms with Crippen LogP contribution in [0.15, 0.2) is 48.5 Å². The Bertz CT molecular complexity index is 610. The molecule has 0 saturated heterocycles. The lowest BCUT2D eigenvalue weighted by Gasteiger charge is -2.09. The largest absolute Gasteiger partial charge is 0.497 e. The summed E-state index contributed by atoms with van der Waals surface area (Å²) < 4.78 is 10.7. The molecule has 0 fully saturated rings. The summed E-state index contributed by atoms with van der Waals surface area (Å²) in [6.07, 6.45) is 0. The highest BCUT2D eigenvalue weighted by Gasteiger charge is 2.05. The summed E-state index contributed by atoms with van der Waals surface area (Å²) >= 11 is 0. The number of amides is 1. The van der Waals surface area contributed by atoms with Gasteiger partial charge in [-0.05, 0) is 42.8 Å². The second-order valence-corrected chi connectivity index (χ2v) is 4.65. The fraction of sp³-hybridized carbons (Fsp3) is 0.235. The third kappa shape index (κ3) is 4.53. The van der Waals surface area contributed by atoms with Crippen molar-refractivity contribution in [1.82, 2.24) is 5.32 Å². The quantitative estimate of drug-likeness (QED) is 0.830. The molecule has 2 rings (SSSR count). The molecule has 2 aromatic rings. The molecule has 110 valence electrons. The second-order valence-electron chi connectivity index (χ2n) is 4.65. The van der Waals surface area contributed by atoms with E-state index in [1.54, 1.807) is 31.4 Å². The van der Waals surface area contributed by atoms with Gasteiger partial charge in [-0.15, -0.1) is 0 Å². The predicted molar refractivity (Wildman–Crippen MR) is 82.0 cm³/mol. The van der Waals surface area contributed by atoms with Crippen molar-refractivity contribution in [2.75, 3.05) is 20.3 Å². The number of carbonyl (C=O) groups is 1. The molecule has 0 aromatic heterocycles.